The molecular weight excluding hydrogens is 420 g/mol. The minimum atomic E-state index is -0.814. The first-order valence-electron chi connectivity index (χ1n) is 10.6. The lowest BCUT2D eigenvalue weighted by Gasteiger charge is -2.27. The number of hydrogen-bond acceptors (Lipinski definition) is 6. The second-order valence-electron chi connectivity index (χ2n) is 8.26. The van der Waals surface area contributed by atoms with Gasteiger partial charge in [-0.3, -0.25) is 9.59 Å². The van der Waals surface area contributed by atoms with Gasteiger partial charge in [-0.05, 0) is 43.2 Å². The number of phenolic OH excluding ortho intramolecular Hbond substituents is 1. The fourth-order valence-electron chi connectivity index (χ4n) is 4.17. The number of nitrogens with zero attached hydrogens (tertiary/aromatic N) is 2. The van der Waals surface area contributed by atoms with E-state index < -0.39 is 23.5 Å². The average molecular weight is 447 g/mol. The highest BCUT2D eigenvalue weighted by atomic mass is 16.5. The third-order valence-corrected chi connectivity index (χ3v) is 5.89. The lowest BCUT2D eigenvalue weighted by atomic mass is 9.94. The van der Waals surface area contributed by atoms with Gasteiger partial charge in [0.05, 0.1) is 24.3 Å². The van der Waals surface area contributed by atoms with Gasteiger partial charge in [-0.15, -0.1) is 0 Å². The minimum absolute atomic E-state index is 0.0578. The predicted molar refractivity (Wildman–Crippen MR) is 126 cm³/mol. The van der Waals surface area contributed by atoms with Gasteiger partial charge in [-0.2, -0.15) is 0 Å². The molecule has 7 heteroatoms. The maximum Gasteiger partial charge on any atom is 0.295 e. The molecule has 7 nitrogen and oxygen atoms in total. The van der Waals surface area contributed by atoms with Gasteiger partial charge >= 0.3 is 0 Å². The van der Waals surface area contributed by atoms with Crippen molar-refractivity contribution in [2.24, 2.45) is 0 Å². The molecule has 4 rings (SSSR count). The van der Waals surface area contributed by atoms with E-state index in [-0.39, 0.29) is 16.9 Å². The first-order valence-corrected chi connectivity index (χ1v) is 10.6. The highest BCUT2D eigenvalue weighted by Gasteiger charge is 2.46. The monoisotopic (exact) mass is 446 g/mol. The molecule has 33 heavy (non-hydrogen) atoms. The largest absolute Gasteiger partial charge is 0.507 e. The van der Waals surface area contributed by atoms with Gasteiger partial charge in [0, 0.05) is 18.5 Å². The van der Waals surface area contributed by atoms with Crippen LogP contribution < -0.4 is 4.74 Å². The number of methoxy groups -OCH3 is 1. The molecule has 1 aliphatic rings. The van der Waals surface area contributed by atoms with Gasteiger partial charge in [0.2, 0.25) is 0 Å². The summed E-state index contributed by atoms with van der Waals surface area (Å²) in [6.45, 7) is 0.828. The number of hydrogen-bond donors (Lipinski definition) is 2. The number of phenols is 1. The number of amides is 1. The van der Waals surface area contributed by atoms with E-state index in [1.807, 2.05) is 31.1 Å². The van der Waals surface area contributed by atoms with E-state index in [1.165, 1.54) is 12.0 Å². The second kappa shape index (κ2) is 8.96. The Labute approximate surface area is 192 Å². The molecule has 1 atom stereocenters. The number of rotatable bonds is 6. The molecule has 1 saturated heterocycles. The topological polar surface area (TPSA) is 90.3 Å². The van der Waals surface area contributed by atoms with Crippen LogP contribution in [0.1, 0.15) is 17.2 Å². The number of ether oxygens (including phenoxy) is 1. The number of benzene rings is 3. The number of Topliss-reactive ketones (excluding diaryl/α,β-unsaturated/α-hetero) is 1. The first-order chi connectivity index (χ1) is 15.8. The van der Waals surface area contributed by atoms with Crippen LogP contribution in [0.3, 0.4) is 0 Å². The van der Waals surface area contributed by atoms with Crippen molar-refractivity contribution in [1.29, 1.82) is 0 Å². The normalized spacial score (nSPS) is 17.8. The van der Waals surface area contributed by atoms with Gasteiger partial charge in [-0.25, -0.2) is 0 Å². The summed E-state index contributed by atoms with van der Waals surface area (Å²) in [6, 6.07) is 16.8. The van der Waals surface area contributed by atoms with E-state index in [9.17, 15) is 19.8 Å². The quantitative estimate of drug-likeness (QED) is 0.342. The molecule has 0 aromatic heterocycles. The summed E-state index contributed by atoms with van der Waals surface area (Å²) in [7, 11) is 5.30. The molecule has 0 aliphatic carbocycles. The SMILES string of the molecule is COc1cccc([C@@H]2C(=C(O)c3ccc4ccccc4c3O)C(=O)C(=O)N2CCN(C)C)c1. The third kappa shape index (κ3) is 4.03. The number of aromatic hydroxyl groups is 1. The molecule has 0 bridgehead atoms. The van der Waals surface area contributed by atoms with Crippen molar-refractivity contribution in [3.63, 3.8) is 0 Å². The molecule has 170 valence electrons. The third-order valence-electron chi connectivity index (χ3n) is 5.89. The summed E-state index contributed by atoms with van der Waals surface area (Å²) in [6.07, 6.45) is 0. The molecule has 0 spiro atoms. The zero-order valence-corrected chi connectivity index (χ0v) is 18.8. The Bertz CT molecular complexity index is 1260. The van der Waals surface area contributed by atoms with E-state index in [1.54, 1.807) is 48.5 Å². The van der Waals surface area contributed by atoms with Crippen LogP contribution in [0, 0.1) is 0 Å². The van der Waals surface area contributed by atoms with Crippen molar-refractivity contribution >= 4 is 28.2 Å². The highest BCUT2D eigenvalue weighted by Crippen LogP contribution is 2.42. The number of likely N-dealkylation sites (N-methyl/N-ethyl adjacent to an activating group) is 1. The molecule has 0 saturated carbocycles. The van der Waals surface area contributed by atoms with Crippen molar-refractivity contribution in [3.8, 4) is 11.5 Å². The Morgan fingerprint density at radius 1 is 1.06 bits per heavy atom. The zero-order chi connectivity index (χ0) is 23.7. The predicted octanol–water partition coefficient (Wildman–Crippen LogP) is 3.54. The van der Waals surface area contributed by atoms with Crippen molar-refractivity contribution in [2.75, 3.05) is 34.3 Å². The number of aliphatic hydroxyl groups is 1. The minimum Gasteiger partial charge on any atom is -0.507 e. The molecule has 3 aromatic rings. The molecule has 2 N–H and O–H groups in total. The number of fused-ring (bicyclic) bond motifs is 1. The van der Waals surface area contributed by atoms with Crippen LogP contribution >= 0.6 is 0 Å². The first kappa shape index (κ1) is 22.4. The van der Waals surface area contributed by atoms with Gasteiger partial charge in [0.25, 0.3) is 11.7 Å². The maximum atomic E-state index is 13.2. The summed E-state index contributed by atoms with van der Waals surface area (Å²) < 4.78 is 5.33. The Balaban J connectivity index is 1.91. The molecule has 1 fully saturated rings. The maximum absolute atomic E-state index is 13.2. The summed E-state index contributed by atoms with van der Waals surface area (Å²) in [5.41, 5.74) is 0.680. The average Bonchev–Trinajstić information content (AvgIpc) is 3.07. The van der Waals surface area contributed by atoms with Crippen molar-refractivity contribution in [2.45, 2.75) is 6.04 Å². The van der Waals surface area contributed by atoms with Crippen molar-refractivity contribution in [3.05, 3.63) is 77.4 Å². The number of likely N-dealkylation sites (tertiary alicyclic amines) is 1. The van der Waals surface area contributed by atoms with Crippen LogP contribution in [-0.4, -0.2) is 66.0 Å². The second-order valence-corrected chi connectivity index (χ2v) is 8.26. The molecular formula is C26H26N2O5. The van der Waals surface area contributed by atoms with Crippen LogP contribution in [0.2, 0.25) is 0 Å². The number of carbonyl (C=O) groups excluding carboxylic acids is 2. The molecule has 1 amide bonds. The number of ketones is 1. The van der Waals surface area contributed by atoms with Crippen LogP contribution in [0.5, 0.6) is 11.5 Å². The van der Waals surface area contributed by atoms with Crippen LogP contribution in [-0.2, 0) is 9.59 Å². The zero-order valence-electron chi connectivity index (χ0n) is 18.8. The summed E-state index contributed by atoms with van der Waals surface area (Å²) in [5.74, 6) is -1.45. The molecule has 1 aliphatic heterocycles. The van der Waals surface area contributed by atoms with E-state index in [0.717, 1.165) is 5.39 Å². The Hall–Kier alpha value is -3.84. The molecule has 0 radical (unpaired) electrons. The standard InChI is InChI=1S/C26H26N2O5/c1-27(2)13-14-28-22(17-8-6-9-18(15-17)33-3)21(25(31)26(28)32)24(30)20-12-11-16-7-4-5-10-19(16)23(20)29/h4-12,15,22,29-30H,13-14H2,1-3H3/t22-/m1/s1. The summed E-state index contributed by atoms with van der Waals surface area (Å²) in [5, 5.41) is 23.5. The molecule has 3 aromatic carbocycles. The van der Waals surface area contributed by atoms with E-state index in [0.29, 0.717) is 29.8 Å². The van der Waals surface area contributed by atoms with Gasteiger partial charge in [-0.1, -0.05) is 42.5 Å². The van der Waals surface area contributed by atoms with Crippen LogP contribution in [0.4, 0.5) is 0 Å². The lowest BCUT2D eigenvalue weighted by molar-refractivity contribution is -0.140. The Morgan fingerprint density at radius 3 is 2.55 bits per heavy atom. The van der Waals surface area contributed by atoms with Crippen LogP contribution in [0.25, 0.3) is 16.5 Å². The smallest absolute Gasteiger partial charge is 0.295 e. The summed E-state index contributed by atoms with van der Waals surface area (Å²) >= 11 is 0. The van der Waals surface area contributed by atoms with E-state index in [2.05, 4.69) is 0 Å². The lowest BCUT2D eigenvalue weighted by Crippen LogP contribution is -2.35. The van der Waals surface area contributed by atoms with E-state index >= 15 is 0 Å². The van der Waals surface area contributed by atoms with Crippen molar-refractivity contribution in [1.82, 2.24) is 9.80 Å². The number of carbonyl (C=O) groups is 2. The molecule has 0 unspecified atom stereocenters. The highest BCUT2D eigenvalue weighted by molar-refractivity contribution is 6.46. The molecule has 1 heterocycles. The fraction of sp³-hybridized carbons (Fsp3) is 0.231. The Morgan fingerprint density at radius 2 is 1.82 bits per heavy atom. The summed E-state index contributed by atoms with van der Waals surface area (Å²) in [4.78, 5) is 29.5. The fourth-order valence-corrected chi connectivity index (χ4v) is 4.17. The van der Waals surface area contributed by atoms with Crippen molar-refractivity contribution < 1.29 is 24.5 Å². The van der Waals surface area contributed by atoms with Gasteiger partial charge in [0.15, 0.2) is 0 Å². The van der Waals surface area contributed by atoms with Gasteiger partial charge in [0.1, 0.15) is 17.3 Å². The van der Waals surface area contributed by atoms with E-state index in [4.69, 9.17) is 4.74 Å². The number of aliphatic hydroxyl groups excluding tert-OH is 1. The Kier molecular flexibility index (Phi) is 6.07. The van der Waals surface area contributed by atoms with Crippen LogP contribution in [0.15, 0.2) is 66.2 Å². The van der Waals surface area contributed by atoms with Gasteiger partial charge < -0.3 is 24.7 Å².